The Kier molecular flexibility index (Phi) is 4.92. The Bertz CT molecular complexity index is 516. The number of hydrogen-bond donors (Lipinski definition) is 2. The molecule has 0 bridgehead atoms. The first-order chi connectivity index (χ1) is 10.7. The first-order valence-corrected chi connectivity index (χ1v) is 8.32. The second kappa shape index (κ2) is 6.91. The number of nitrogens with one attached hydrogen (secondary N) is 2. The molecule has 7 nitrogen and oxygen atoms in total. The molecule has 3 heterocycles. The quantitative estimate of drug-likeness (QED) is 0.880. The lowest BCUT2D eigenvalue weighted by Crippen LogP contribution is -2.53. The van der Waals surface area contributed by atoms with Gasteiger partial charge in [0.15, 0.2) is 5.13 Å². The average molecular weight is 327 g/mol. The van der Waals surface area contributed by atoms with Gasteiger partial charge < -0.3 is 19.5 Å². The fraction of sp³-hybridized carbons (Fsp3) is 0.714. The Balaban J connectivity index is 1.56. The van der Waals surface area contributed by atoms with Crippen LogP contribution in [0.2, 0.25) is 0 Å². The molecule has 1 aromatic rings. The van der Waals surface area contributed by atoms with Crippen molar-refractivity contribution in [3.63, 3.8) is 0 Å². The normalized spacial score (nSPS) is 23.6. The smallest absolute Gasteiger partial charge is 0.321 e. The Morgan fingerprint density at radius 1 is 1.50 bits per heavy atom. The first kappa shape index (κ1) is 15.7. The lowest BCUT2D eigenvalue weighted by molar-refractivity contribution is -0.0867. The van der Waals surface area contributed by atoms with Gasteiger partial charge >= 0.3 is 6.03 Å². The number of carbonyl (C=O) groups is 1. The van der Waals surface area contributed by atoms with Crippen molar-refractivity contribution < 1.29 is 19.0 Å². The Labute approximate surface area is 133 Å². The summed E-state index contributed by atoms with van der Waals surface area (Å²) in [5.41, 5.74) is 0.549. The fourth-order valence-electron chi connectivity index (χ4n) is 3.03. The first-order valence-electron chi connectivity index (χ1n) is 7.44. The number of rotatable bonds is 4. The van der Waals surface area contributed by atoms with E-state index in [-0.39, 0.29) is 17.7 Å². The van der Waals surface area contributed by atoms with Crippen LogP contribution in [-0.4, -0.2) is 49.6 Å². The van der Waals surface area contributed by atoms with Crippen molar-refractivity contribution in [1.82, 2.24) is 10.3 Å². The van der Waals surface area contributed by atoms with Crippen LogP contribution < -0.4 is 10.6 Å². The van der Waals surface area contributed by atoms with E-state index in [4.69, 9.17) is 14.2 Å². The summed E-state index contributed by atoms with van der Waals surface area (Å²) in [6, 6.07) is -0.213. The molecule has 1 aromatic heterocycles. The third-order valence-electron chi connectivity index (χ3n) is 4.14. The van der Waals surface area contributed by atoms with Crippen LogP contribution in [0.5, 0.6) is 0 Å². The van der Waals surface area contributed by atoms with Crippen molar-refractivity contribution in [2.45, 2.75) is 37.5 Å². The number of thiazole rings is 1. The molecular weight excluding hydrogens is 306 g/mol. The fourth-order valence-corrected chi connectivity index (χ4v) is 3.72. The molecule has 122 valence electrons. The maximum absolute atomic E-state index is 12.2. The van der Waals surface area contributed by atoms with Gasteiger partial charge in [-0.2, -0.15) is 0 Å². The van der Waals surface area contributed by atoms with Crippen LogP contribution in [-0.2, 0) is 20.8 Å². The van der Waals surface area contributed by atoms with Crippen LogP contribution in [0.25, 0.3) is 0 Å². The third kappa shape index (κ3) is 3.40. The highest BCUT2D eigenvalue weighted by Crippen LogP contribution is 2.35. The summed E-state index contributed by atoms with van der Waals surface area (Å²) in [7, 11) is 1.62. The molecule has 2 saturated heterocycles. The van der Waals surface area contributed by atoms with E-state index in [1.807, 2.05) is 5.38 Å². The molecule has 0 saturated carbocycles. The van der Waals surface area contributed by atoms with Crippen molar-refractivity contribution in [3.05, 3.63) is 11.1 Å². The Morgan fingerprint density at radius 3 is 3.09 bits per heavy atom. The highest BCUT2D eigenvalue weighted by atomic mass is 32.1. The Morgan fingerprint density at radius 2 is 2.32 bits per heavy atom. The van der Waals surface area contributed by atoms with Gasteiger partial charge in [-0.05, 0) is 6.42 Å². The van der Waals surface area contributed by atoms with Crippen LogP contribution in [0.1, 0.15) is 25.0 Å². The van der Waals surface area contributed by atoms with Gasteiger partial charge in [-0.3, -0.25) is 5.32 Å². The second-order valence-corrected chi connectivity index (χ2v) is 6.40. The van der Waals surface area contributed by atoms with Crippen molar-refractivity contribution >= 4 is 22.5 Å². The summed E-state index contributed by atoms with van der Waals surface area (Å²) in [5, 5.41) is 8.26. The summed E-state index contributed by atoms with van der Waals surface area (Å²) < 4.78 is 16.3. The van der Waals surface area contributed by atoms with E-state index in [0.717, 1.165) is 25.0 Å². The predicted octanol–water partition coefficient (Wildman–Crippen LogP) is 1.75. The van der Waals surface area contributed by atoms with Crippen LogP contribution >= 0.6 is 11.3 Å². The van der Waals surface area contributed by atoms with Crippen molar-refractivity contribution in [2.75, 3.05) is 32.2 Å². The minimum absolute atomic E-state index is 0.0230. The van der Waals surface area contributed by atoms with Crippen LogP contribution in [0, 0.1) is 0 Å². The third-order valence-corrected chi connectivity index (χ3v) is 4.95. The zero-order chi connectivity index (χ0) is 15.4. The second-order valence-electron chi connectivity index (χ2n) is 5.54. The number of hydrogen-bond acceptors (Lipinski definition) is 6. The van der Waals surface area contributed by atoms with Crippen molar-refractivity contribution in [3.8, 4) is 0 Å². The van der Waals surface area contributed by atoms with Gasteiger partial charge in [0.05, 0.1) is 23.9 Å². The molecule has 8 heteroatoms. The number of nitrogens with zero attached hydrogens (tertiary/aromatic N) is 1. The lowest BCUT2D eigenvalue weighted by atomic mass is 9.86. The van der Waals surface area contributed by atoms with Crippen LogP contribution in [0.4, 0.5) is 9.93 Å². The molecule has 2 aliphatic rings. The van der Waals surface area contributed by atoms with Gasteiger partial charge in [0.2, 0.25) is 0 Å². The highest BCUT2D eigenvalue weighted by Gasteiger charge is 2.46. The van der Waals surface area contributed by atoms with Gasteiger partial charge in [0.1, 0.15) is 0 Å². The van der Waals surface area contributed by atoms with E-state index >= 15 is 0 Å². The maximum Gasteiger partial charge on any atom is 0.321 e. The Hall–Kier alpha value is -1.22. The summed E-state index contributed by atoms with van der Waals surface area (Å²) in [6.07, 6.45) is 2.49. The summed E-state index contributed by atoms with van der Waals surface area (Å²) >= 11 is 1.39. The summed E-state index contributed by atoms with van der Waals surface area (Å²) in [4.78, 5) is 16.5. The highest BCUT2D eigenvalue weighted by molar-refractivity contribution is 7.13. The summed E-state index contributed by atoms with van der Waals surface area (Å²) in [5.74, 6) is 0. The molecule has 3 rings (SSSR count). The molecular formula is C14H21N3O4S. The topological polar surface area (TPSA) is 81.7 Å². The van der Waals surface area contributed by atoms with Gasteiger partial charge in [-0.1, -0.05) is 0 Å². The van der Waals surface area contributed by atoms with E-state index in [1.165, 1.54) is 11.3 Å². The zero-order valence-corrected chi connectivity index (χ0v) is 13.4. The van der Waals surface area contributed by atoms with E-state index < -0.39 is 0 Å². The molecule has 0 radical (unpaired) electrons. The molecule has 1 spiro atoms. The number of urea groups is 1. The standard InChI is InChI=1S/C14H21N3O4S/c1-19-8-10-9-22-13(15-10)17-12(18)16-11-2-5-21-14(11)3-6-20-7-4-14/h9,11H,2-8H2,1H3,(H2,15,16,17,18). The van der Waals surface area contributed by atoms with Gasteiger partial charge in [0.25, 0.3) is 0 Å². The van der Waals surface area contributed by atoms with E-state index in [1.54, 1.807) is 7.11 Å². The lowest BCUT2D eigenvalue weighted by Gasteiger charge is -2.37. The number of anilines is 1. The number of carbonyl (C=O) groups excluding carboxylic acids is 1. The summed E-state index contributed by atoms with van der Waals surface area (Å²) in [6.45, 7) is 2.50. The zero-order valence-electron chi connectivity index (χ0n) is 12.6. The molecule has 1 unspecified atom stereocenters. The van der Waals surface area contributed by atoms with Crippen molar-refractivity contribution in [2.24, 2.45) is 0 Å². The number of methoxy groups -OCH3 is 1. The molecule has 0 aromatic carbocycles. The maximum atomic E-state index is 12.2. The number of aromatic nitrogens is 1. The number of ether oxygens (including phenoxy) is 3. The largest absolute Gasteiger partial charge is 0.381 e. The molecule has 2 N–H and O–H groups in total. The van der Waals surface area contributed by atoms with Crippen molar-refractivity contribution in [1.29, 1.82) is 0 Å². The monoisotopic (exact) mass is 327 g/mol. The molecule has 1 atom stereocenters. The minimum atomic E-state index is -0.264. The minimum Gasteiger partial charge on any atom is -0.381 e. The molecule has 22 heavy (non-hydrogen) atoms. The molecule has 2 aliphatic heterocycles. The number of amides is 2. The predicted molar refractivity (Wildman–Crippen MR) is 82.1 cm³/mol. The van der Waals surface area contributed by atoms with Gasteiger partial charge in [-0.15, -0.1) is 11.3 Å². The van der Waals surface area contributed by atoms with Gasteiger partial charge in [0, 0.05) is 45.2 Å². The molecule has 2 amide bonds. The molecule has 2 fully saturated rings. The van der Waals surface area contributed by atoms with Gasteiger partial charge in [-0.25, -0.2) is 9.78 Å². The average Bonchev–Trinajstić information content (AvgIpc) is 3.09. The van der Waals surface area contributed by atoms with E-state index in [0.29, 0.717) is 31.6 Å². The van der Waals surface area contributed by atoms with E-state index in [9.17, 15) is 4.79 Å². The van der Waals surface area contributed by atoms with E-state index in [2.05, 4.69) is 15.6 Å². The van der Waals surface area contributed by atoms with Crippen LogP contribution in [0.15, 0.2) is 5.38 Å². The van der Waals surface area contributed by atoms with Crippen LogP contribution in [0.3, 0.4) is 0 Å². The SMILES string of the molecule is COCc1csc(NC(=O)NC2CCOC23CCOCC3)n1. The molecule has 0 aliphatic carbocycles.